The van der Waals surface area contributed by atoms with E-state index in [2.05, 4.69) is 33.0 Å². The van der Waals surface area contributed by atoms with Gasteiger partial charge >= 0.3 is 0 Å². The van der Waals surface area contributed by atoms with E-state index in [0.717, 1.165) is 35.7 Å². The zero-order valence-corrected chi connectivity index (χ0v) is 13.5. The van der Waals surface area contributed by atoms with Crippen LogP contribution in [-0.2, 0) is 0 Å². The van der Waals surface area contributed by atoms with Crippen molar-refractivity contribution in [3.8, 4) is 5.75 Å². The van der Waals surface area contributed by atoms with Crippen molar-refractivity contribution in [2.45, 2.75) is 59.1 Å². The van der Waals surface area contributed by atoms with Crippen LogP contribution < -0.4 is 10.1 Å². The number of benzene rings is 1. The van der Waals surface area contributed by atoms with E-state index in [1.807, 2.05) is 25.1 Å². The van der Waals surface area contributed by atoms with Crippen LogP contribution in [0.4, 0.5) is 0 Å². The normalized spacial score (nSPS) is 13.4. The molecule has 1 aromatic carbocycles. The summed E-state index contributed by atoms with van der Waals surface area (Å²) in [6, 6.07) is 5.84. The van der Waals surface area contributed by atoms with Gasteiger partial charge in [-0.25, -0.2) is 0 Å². The van der Waals surface area contributed by atoms with E-state index in [1.54, 1.807) is 0 Å². The van der Waals surface area contributed by atoms with Crippen LogP contribution in [0, 0.1) is 6.92 Å². The fourth-order valence-corrected chi connectivity index (χ4v) is 1.95. The lowest BCUT2D eigenvalue weighted by molar-refractivity contribution is 0.175. The van der Waals surface area contributed by atoms with Crippen LogP contribution in [0.25, 0.3) is 0 Å². The number of ether oxygens (including phenoxy) is 1. The number of rotatable bonds is 6. The van der Waals surface area contributed by atoms with E-state index in [1.165, 1.54) is 0 Å². The first kappa shape index (κ1) is 16.3. The third-order valence-electron chi connectivity index (χ3n) is 2.90. The van der Waals surface area contributed by atoms with Crippen LogP contribution in [0.2, 0.25) is 5.02 Å². The van der Waals surface area contributed by atoms with Gasteiger partial charge in [0.05, 0.1) is 0 Å². The van der Waals surface area contributed by atoms with Crippen molar-refractivity contribution < 1.29 is 4.74 Å². The molecular formula is C16H26ClNO. The molecule has 3 heteroatoms. The number of nitrogens with one attached hydrogen (secondary N) is 1. The van der Waals surface area contributed by atoms with Crippen molar-refractivity contribution in [3.05, 3.63) is 28.8 Å². The van der Waals surface area contributed by atoms with E-state index in [9.17, 15) is 0 Å². The summed E-state index contributed by atoms with van der Waals surface area (Å²) in [6.45, 7) is 11.5. The van der Waals surface area contributed by atoms with Gasteiger partial charge in [-0.1, -0.05) is 24.9 Å². The second-order valence-corrected chi connectivity index (χ2v) is 6.48. The molecule has 0 saturated carbocycles. The number of hydrogen-bond donors (Lipinski definition) is 1. The maximum absolute atomic E-state index is 6.06. The molecule has 0 bridgehead atoms. The zero-order chi connectivity index (χ0) is 14.5. The minimum absolute atomic E-state index is 0.116. The summed E-state index contributed by atoms with van der Waals surface area (Å²) in [5.41, 5.74) is 1.17. The Labute approximate surface area is 122 Å². The highest BCUT2D eigenvalue weighted by Gasteiger charge is 2.15. The maximum Gasteiger partial charge on any atom is 0.120 e. The monoisotopic (exact) mass is 283 g/mol. The van der Waals surface area contributed by atoms with E-state index in [0.29, 0.717) is 0 Å². The summed E-state index contributed by atoms with van der Waals surface area (Å²) in [7, 11) is 0. The van der Waals surface area contributed by atoms with Gasteiger partial charge in [0.25, 0.3) is 0 Å². The van der Waals surface area contributed by atoms with Crippen molar-refractivity contribution >= 4 is 11.6 Å². The summed E-state index contributed by atoms with van der Waals surface area (Å²) < 4.78 is 6.06. The lowest BCUT2D eigenvalue weighted by Gasteiger charge is -2.26. The lowest BCUT2D eigenvalue weighted by Crippen LogP contribution is -2.42. The third-order valence-corrected chi connectivity index (χ3v) is 3.33. The molecule has 0 aliphatic heterocycles. The molecule has 0 spiro atoms. The zero-order valence-electron chi connectivity index (χ0n) is 12.7. The first-order chi connectivity index (χ1) is 8.81. The van der Waals surface area contributed by atoms with Crippen molar-refractivity contribution in [1.82, 2.24) is 5.32 Å². The molecule has 1 atom stereocenters. The molecule has 19 heavy (non-hydrogen) atoms. The maximum atomic E-state index is 6.06. The van der Waals surface area contributed by atoms with Gasteiger partial charge in [0.15, 0.2) is 0 Å². The highest BCUT2D eigenvalue weighted by molar-refractivity contribution is 6.31. The first-order valence-corrected chi connectivity index (χ1v) is 7.37. The van der Waals surface area contributed by atoms with E-state index >= 15 is 0 Å². The summed E-state index contributed by atoms with van der Waals surface area (Å²) >= 11 is 6.03. The number of hydrogen-bond acceptors (Lipinski definition) is 2. The third kappa shape index (κ3) is 6.31. The molecule has 0 aromatic heterocycles. The molecule has 0 saturated heterocycles. The van der Waals surface area contributed by atoms with Gasteiger partial charge in [0.2, 0.25) is 0 Å². The standard InChI is InChI=1S/C16H26ClNO/c1-6-7-14(11-18-16(3,4)5)19-13-8-9-15(17)12(2)10-13/h8-10,14,18H,6-7,11H2,1-5H3. The Bertz CT molecular complexity index is 398. The van der Waals surface area contributed by atoms with Gasteiger partial charge in [0.1, 0.15) is 11.9 Å². The van der Waals surface area contributed by atoms with Crippen LogP contribution in [0.5, 0.6) is 5.75 Å². The molecule has 1 rings (SSSR count). The second kappa shape index (κ2) is 7.16. The highest BCUT2D eigenvalue weighted by Crippen LogP contribution is 2.22. The Morgan fingerprint density at radius 3 is 2.53 bits per heavy atom. The van der Waals surface area contributed by atoms with Gasteiger partial charge in [-0.3, -0.25) is 0 Å². The van der Waals surface area contributed by atoms with Crippen molar-refractivity contribution in [2.24, 2.45) is 0 Å². The summed E-state index contributed by atoms with van der Waals surface area (Å²) in [6.07, 6.45) is 2.36. The predicted octanol–water partition coefficient (Wildman–Crippen LogP) is 4.58. The second-order valence-electron chi connectivity index (χ2n) is 6.07. The largest absolute Gasteiger partial charge is 0.489 e. The van der Waals surface area contributed by atoms with E-state index in [4.69, 9.17) is 16.3 Å². The van der Waals surface area contributed by atoms with Crippen LogP contribution in [0.15, 0.2) is 18.2 Å². The molecule has 0 radical (unpaired) electrons. The van der Waals surface area contributed by atoms with Gasteiger partial charge < -0.3 is 10.1 Å². The molecule has 1 unspecified atom stereocenters. The average Bonchev–Trinajstić information content (AvgIpc) is 2.30. The summed E-state index contributed by atoms with van der Waals surface area (Å²) in [4.78, 5) is 0. The number of aryl methyl sites for hydroxylation is 1. The Hall–Kier alpha value is -0.730. The van der Waals surface area contributed by atoms with Gasteiger partial charge in [-0.05, 0) is 57.9 Å². The molecule has 0 heterocycles. The fourth-order valence-electron chi connectivity index (χ4n) is 1.83. The summed E-state index contributed by atoms with van der Waals surface area (Å²) in [5.74, 6) is 0.899. The lowest BCUT2D eigenvalue weighted by atomic mass is 10.1. The molecule has 0 aliphatic carbocycles. The van der Waals surface area contributed by atoms with Crippen molar-refractivity contribution in [1.29, 1.82) is 0 Å². The first-order valence-electron chi connectivity index (χ1n) is 6.99. The minimum atomic E-state index is 0.116. The Morgan fingerprint density at radius 2 is 2.00 bits per heavy atom. The molecule has 0 aliphatic rings. The quantitative estimate of drug-likeness (QED) is 0.825. The van der Waals surface area contributed by atoms with Crippen molar-refractivity contribution in [2.75, 3.05) is 6.54 Å². The SMILES string of the molecule is CCCC(CNC(C)(C)C)Oc1ccc(Cl)c(C)c1. The Morgan fingerprint density at radius 1 is 1.32 bits per heavy atom. The van der Waals surface area contributed by atoms with Crippen molar-refractivity contribution in [3.63, 3.8) is 0 Å². The molecule has 1 N–H and O–H groups in total. The Balaban J connectivity index is 2.64. The molecular weight excluding hydrogens is 258 g/mol. The fraction of sp³-hybridized carbons (Fsp3) is 0.625. The average molecular weight is 284 g/mol. The molecule has 0 amide bonds. The molecule has 108 valence electrons. The van der Waals surface area contributed by atoms with E-state index in [-0.39, 0.29) is 11.6 Å². The van der Waals surface area contributed by atoms with Gasteiger partial charge in [-0.15, -0.1) is 0 Å². The summed E-state index contributed by atoms with van der Waals surface area (Å²) in [5, 5.41) is 4.29. The Kier molecular flexibility index (Phi) is 6.15. The molecule has 1 aromatic rings. The molecule has 0 fully saturated rings. The van der Waals surface area contributed by atoms with Crippen LogP contribution in [0.1, 0.15) is 46.1 Å². The van der Waals surface area contributed by atoms with Gasteiger partial charge in [0, 0.05) is 17.1 Å². The number of halogens is 1. The minimum Gasteiger partial charge on any atom is -0.489 e. The topological polar surface area (TPSA) is 21.3 Å². The van der Waals surface area contributed by atoms with Crippen LogP contribution in [0.3, 0.4) is 0 Å². The van der Waals surface area contributed by atoms with Crippen LogP contribution in [-0.4, -0.2) is 18.2 Å². The highest BCUT2D eigenvalue weighted by atomic mass is 35.5. The predicted molar refractivity (Wildman–Crippen MR) is 83.3 cm³/mol. The van der Waals surface area contributed by atoms with Gasteiger partial charge in [-0.2, -0.15) is 0 Å². The molecule has 2 nitrogen and oxygen atoms in total. The van der Waals surface area contributed by atoms with E-state index < -0.39 is 0 Å². The van der Waals surface area contributed by atoms with Crippen LogP contribution >= 0.6 is 11.6 Å². The smallest absolute Gasteiger partial charge is 0.120 e.